The van der Waals surface area contributed by atoms with Crippen molar-refractivity contribution in [3.8, 4) is 17.0 Å². The number of aromatic nitrogens is 1. The maximum Gasteiger partial charge on any atom is 0.303 e. The summed E-state index contributed by atoms with van der Waals surface area (Å²) in [5.41, 5.74) is 5.20. The van der Waals surface area contributed by atoms with Crippen molar-refractivity contribution in [2.24, 2.45) is 5.92 Å². The average Bonchev–Trinajstić information content (AvgIpc) is 3.22. The van der Waals surface area contributed by atoms with Crippen LogP contribution in [0.2, 0.25) is 0 Å². The van der Waals surface area contributed by atoms with Crippen LogP contribution in [0.1, 0.15) is 59.5 Å². The molecule has 1 atom stereocenters. The number of fused-ring (bicyclic) bond motifs is 5. The Morgan fingerprint density at radius 3 is 2.33 bits per heavy atom. The number of ether oxygens (including phenoxy) is 1. The van der Waals surface area contributed by atoms with E-state index in [0.717, 1.165) is 57.7 Å². The Bertz CT molecular complexity index is 1740. The van der Waals surface area contributed by atoms with E-state index in [4.69, 9.17) is 4.74 Å². The molecule has 45 heavy (non-hydrogen) atoms. The average molecular weight is 638 g/mol. The lowest BCUT2D eigenvalue weighted by molar-refractivity contribution is -0.140. The van der Waals surface area contributed by atoms with Gasteiger partial charge in [-0.25, -0.2) is 4.72 Å². The van der Waals surface area contributed by atoms with Gasteiger partial charge in [-0.05, 0) is 66.6 Å². The fraction of sp³-hybridized carbons (Fsp3) is 0.485. The molecule has 3 aromatic rings. The molecule has 0 radical (unpaired) electrons. The Balaban J connectivity index is 1.71. The summed E-state index contributed by atoms with van der Waals surface area (Å²) >= 11 is 0. The Hall–Kier alpha value is -3.90. The zero-order valence-electron chi connectivity index (χ0n) is 26.9. The summed E-state index contributed by atoms with van der Waals surface area (Å²) in [7, 11) is 5.32. The van der Waals surface area contributed by atoms with Gasteiger partial charge in [-0.15, -0.1) is 0 Å². The van der Waals surface area contributed by atoms with Gasteiger partial charge in [0.1, 0.15) is 5.75 Å². The molecule has 1 N–H and O–H groups in total. The van der Waals surface area contributed by atoms with E-state index in [1.54, 1.807) is 40.4 Å². The van der Waals surface area contributed by atoms with Crippen LogP contribution in [-0.2, 0) is 32.8 Å². The summed E-state index contributed by atoms with van der Waals surface area (Å²) in [6, 6.07) is 11.3. The largest absolute Gasteiger partial charge is 0.497 e. The van der Waals surface area contributed by atoms with Crippen molar-refractivity contribution in [3.63, 3.8) is 0 Å². The van der Waals surface area contributed by atoms with Crippen molar-refractivity contribution in [1.29, 1.82) is 0 Å². The molecular weight excluding hydrogens is 594 g/mol. The molecule has 2 aliphatic rings. The molecule has 2 heterocycles. The quantitative estimate of drug-likeness (QED) is 0.403. The van der Waals surface area contributed by atoms with Crippen molar-refractivity contribution in [2.45, 2.75) is 51.0 Å². The first-order chi connectivity index (χ1) is 21.3. The van der Waals surface area contributed by atoms with Gasteiger partial charge in [0.2, 0.25) is 11.8 Å². The highest BCUT2D eigenvalue weighted by molar-refractivity contribution is 7.87. The molecule has 3 amide bonds. The maximum atomic E-state index is 14.0. The minimum Gasteiger partial charge on any atom is -0.497 e. The summed E-state index contributed by atoms with van der Waals surface area (Å²) in [5, 5.41) is 0.995. The normalized spacial score (nSPS) is 16.9. The molecule has 1 saturated carbocycles. The van der Waals surface area contributed by atoms with E-state index in [0.29, 0.717) is 24.6 Å². The molecular formula is C33H43N5O6S. The van der Waals surface area contributed by atoms with E-state index in [1.807, 2.05) is 18.2 Å². The van der Waals surface area contributed by atoms with Gasteiger partial charge >= 0.3 is 10.2 Å². The standard InChI is InChI=1S/C33H43N5O6S/c1-35(2)29(39)20-37(5)33(41)24-16-23-17-25(44-6)13-15-26(23)31-30(21-10-8-7-9-11-21)27-14-12-22(18-28(27)38(31)19-24)32(40)34-45(42,43)36(3)4/h12-15,17-18,21,24H,7-11,16,19-20H2,1-6H3,(H,34,40). The van der Waals surface area contributed by atoms with Crippen LogP contribution in [-0.4, -0.2) is 93.7 Å². The molecule has 242 valence electrons. The van der Waals surface area contributed by atoms with Crippen LogP contribution in [0.3, 0.4) is 0 Å². The number of amides is 3. The highest BCUT2D eigenvalue weighted by atomic mass is 32.2. The van der Waals surface area contributed by atoms with Crippen molar-refractivity contribution < 1.29 is 27.5 Å². The first kappa shape index (κ1) is 32.5. The number of benzene rings is 2. The topological polar surface area (TPSA) is 121 Å². The van der Waals surface area contributed by atoms with Gasteiger partial charge in [0.15, 0.2) is 0 Å². The van der Waals surface area contributed by atoms with Crippen molar-refractivity contribution in [2.75, 3.05) is 48.9 Å². The lowest BCUT2D eigenvalue weighted by Gasteiger charge is -2.24. The molecule has 1 aromatic heterocycles. The maximum absolute atomic E-state index is 14.0. The summed E-state index contributed by atoms with van der Waals surface area (Å²) in [6.45, 7) is 0.292. The lowest BCUT2D eigenvalue weighted by atomic mass is 9.81. The molecule has 2 aromatic carbocycles. The summed E-state index contributed by atoms with van der Waals surface area (Å²) in [6.07, 6.45) is 5.97. The molecule has 1 aliphatic heterocycles. The van der Waals surface area contributed by atoms with E-state index < -0.39 is 22.0 Å². The number of nitrogens with zero attached hydrogens (tertiary/aromatic N) is 4. The molecule has 11 nitrogen and oxygen atoms in total. The Morgan fingerprint density at radius 1 is 0.978 bits per heavy atom. The highest BCUT2D eigenvalue weighted by Gasteiger charge is 2.35. The van der Waals surface area contributed by atoms with Crippen LogP contribution in [0.25, 0.3) is 22.2 Å². The Morgan fingerprint density at radius 2 is 1.69 bits per heavy atom. The van der Waals surface area contributed by atoms with Crippen molar-refractivity contribution in [3.05, 3.63) is 53.1 Å². The molecule has 1 fully saturated rings. The van der Waals surface area contributed by atoms with E-state index >= 15 is 0 Å². The number of carbonyl (C=O) groups excluding carboxylic acids is 3. The number of hydrogen-bond acceptors (Lipinski definition) is 6. The Kier molecular flexibility index (Phi) is 9.27. The van der Waals surface area contributed by atoms with E-state index in [-0.39, 0.29) is 23.9 Å². The fourth-order valence-corrected chi connectivity index (χ4v) is 7.15. The minimum absolute atomic E-state index is 0.0371. The van der Waals surface area contributed by atoms with Gasteiger partial charge < -0.3 is 19.1 Å². The highest BCUT2D eigenvalue weighted by Crippen LogP contribution is 2.47. The first-order valence-corrected chi connectivity index (χ1v) is 16.8. The predicted molar refractivity (Wildman–Crippen MR) is 173 cm³/mol. The van der Waals surface area contributed by atoms with Gasteiger partial charge in [0, 0.05) is 63.8 Å². The predicted octanol–water partition coefficient (Wildman–Crippen LogP) is 3.62. The second-order valence-electron chi connectivity index (χ2n) is 12.6. The number of methoxy groups -OCH3 is 1. The van der Waals surface area contributed by atoms with E-state index in [2.05, 4.69) is 15.4 Å². The second kappa shape index (κ2) is 12.8. The van der Waals surface area contributed by atoms with E-state index in [1.165, 1.54) is 35.9 Å². The SMILES string of the molecule is COc1ccc2c(c1)CC(C(=O)N(C)CC(=O)N(C)C)Cn1c-2c(C2CCCCC2)c2ccc(C(=O)NS(=O)(=O)N(C)C)cc21. The molecule has 0 spiro atoms. The monoisotopic (exact) mass is 637 g/mol. The molecule has 12 heteroatoms. The van der Waals surface area contributed by atoms with Crippen LogP contribution in [0.5, 0.6) is 5.75 Å². The molecule has 0 saturated heterocycles. The van der Waals surface area contributed by atoms with Crippen molar-refractivity contribution >= 4 is 38.8 Å². The molecule has 0 bridgehead atoms. The fourth-order valence-electron chi connectivity index (χ4n) is 6.62. The third-order valence-electron chi connectivity index (χ3n) is 9.12. The minimum atomic E-state index is -3.99. The van der Waals surface area contributed by atoms with Crippen LogP contribution in [0.15, 0.2) is 36.4 Å². The van der Waals surface area contributed by atoms with Crippen LogP contribution in [0.4, 0.5) is 0 Å². The summed E-state index contributed by atoms with van der Waals surface area (Å²) in [5.74, 6) is -0.558. The Labute approximate surface area is 265 Å². The first-order valence-electron chi connectivity index (χ1n) is 15.4. The summed E-state index contributed by atoms with van der Waals surface area (Å²) < 4.78 is 35.7. The molecule has 5 rings (SSSR count). The van der Waals surface area contributed by atoms with Crippen LogP contribution in [0, 0.1) is 5.92 Å². The molecule has 1 unspecified atom stereocenters. The number of likely N-dealkylation sites (N-methyl/N-ethyl adjacent to an activating group) is 2. The van der Waals surface area contributed by atoms with Gasteiger partial charge in [-0.2, -0.15) is 12.7 Å². The number of rotatable bonds is 8. The number of carbonyl (C=O) groups is 3. The van der Waals surface area contributed by atoms with Gasteiger partial charge in [-0.1, -0.05) is 25.3 Å². The lowest BCUT2D eigenvalue weighted by Crippen LogP contribution is -2.42. The smallest absolute Gasteiger partial charge is 0.303 e. The van der Waals surface area contributed by atoms with Gasteiger partial charge in [0.05, 0.1) is 25.3 Å². The van der Waals surface area contributed by atoms with E-state index in [9.17, 15) is 22.8 Å². The van der Waals surface area contributed by atoms with Crippen LogP contribution >= 0.6 is 0 Å². The number of nitrogens with one attached hydrogen (secondary N) is 1. The molecule has 1 aliphatic carbocycles. The third-order valence-corrected chi connectivity index (χ3v) is 10.5. The second-order valence-corrected chi connectivity index (χ2v) is 14.4. The van der Waals surface area contributed by atoms with Crippen LogP contribution < -0.4 is 9.46 Å². The van der Waals surface area contributed by atoms with Crippen molar-refractivity contribution in [1.82, 2.24) is 23.4 Å². The summed E-state index contributed by atoms with van der Waals surface area (Å²) in [4.78, 5) is 42.7. The zero-order chi connectivity index (χ0) is 32.6. The van der Waals surface area contributed by atoms with Gasteiger partial charge in [-0.3, -0.25) is 14.4 Å². The number of hydrogen-bond donors (Lipinski definition) is 1. The third kappa shape index (κ3) is 6.44. The zero-order valence-corrected chi connectivity index (χ0v) is 27.7. The van der Waals surface area contributed by atoms with Gasteiger partial charge in [0.25, 0.3) is 5.91 Å².